The number of hydrogen-bond acceptors (Lipinski definition) is 4. The Labute approximate surface area is 130 Å². The number of fused-ring (bicyclic) bond motifs is 1. The summed E-state index contributed by atoms with van der Waals surface area (Å²) >= 11 is 0. The molecule has 1 aliphatic rings. The molecule has 1 heterocycles. The predicted octanol–water partition coefficient (Wildman–Crippen LogP) is 3.96. The molecule has 0 spiro atoms. The second-order valence-electron chi connectivity index (χ2n) is 5.57. The van der Waals surface area contributed by atoms with E-state index >= 15 is 0 Å². The van der Waals surface area contributed by atoms with E-state index in [1.165, 1.54) is 0 Å². The molecule has 4 nitrogen and oxygen atoms in total. The lowest BCUT2D eigenvalue weighted by atomic mass is 9.89. The van der Waals surface area contributed by atoms with Crippen LogP contribution < -0.4 is 14.2 Å². The molecule has 0 radical (unpaired) electrons. The molecule has 0 saturated carbocycles. The first-order chi connectivity index (χ1) is 10.6. The van der Waals surface area contributed by atoms with Crippen molar-refractivity contribution in [3.05, 3.63) is 47.0 Å². The van der Waals surface area contributed by atoms with Crippen LogP contribution >= 0.6 is 0 Å². The average molecular weight is 300 g/mol. The van der Waals surface area contributed by atoms with Crippen LogP contribution in [0.4, 0.5) is 0 Å². The van der Waals surface area contributed by atoms with Gasteiger partial charge in [-0.25, -0.2) is 0 Å². The zero-order valence-corrected chi connectivity index (χ0v) is 13.2. The van der Waals surface area contributed by atoms with Crippen molar-refractivity contribution in [2.45, 2.75) is 25.9 Å². The van der Waals surface area contributed by atoms with Gasteiger partial charge in [-0.3, -0.25) is 0 Å². The van der Waals surface area contributed by atoms with Crippen LogP contribution in [-0.2, 0) is 0 Å². The van der Waals surface area contributed by atoms with Gasteiger partial charge in [-0.1, -0.05) is 19.1 Å². The van der Waals surface area contributed by atoms with Crippen LogP contribution in [0, 0.1) is 6.92 Å². The number of rotatable bonds is 3. The number of hydrogen-bond donors (Lipinski definition) is 1. The van der Waals surface area contributed by atoms with Gasteiger partial charge in [0.05, 0.1) is 14.2 Å². The zero-order chi connectivity index (χ0) is 15.9. The van der Waals surface area contributed by atoms with E-state index in [0.717, 1.165) is 28.2 Å². The fourth-order valence-electron chi connectivity index (χ4n) is 3.09. The highest BCUT2D eigenvalue weighted by Crippen LogP contribution is 2.53. The third-order valence-electron chi connectivity index (χ3n) is 4.34. The molecular weight excluding hydrogens is 280 g/mol. The van der Waals surface area contributed by atoms with E-state index < -0.39 is 0 Å². The van der Waals surface area contributed by atoms with Crippen molar-refractivity contribution in [1.82, 2.24) is 0 Å². The minimum Gasteiger partial charge on any atom is -0.508 e. The molecule has 0 bridgehead atoms. The number of benzene rings is 2. The fourth-order valence-corrected chi connectivity index (χ4v) is 3.09. The van der Waals surface area contributed by atoms with Crippen LogP contribution in [0.2, 0.25) is 0 Å². The van der Waals surface area contributed by atoms with E-state index in [1.54, 1.807) is 20.3 Å². The minimum absolute atomic E-state index is 0.102. The van der Waals surface area contributed by atoms with Crippen molar-refractivity contribution in [2.24, 2.45) is 0 Å². The molecular formula is C18H20O4. The van der Waals surface area contributed by atoms with E-state index in [4.69, 9.17) is 14.2 Å². The lowest BCUT2D eigenvalue weighted by Gasteiger charge is -2.16. The molecule has 0 amide bonds. The van der Waals surface area contributed by atoms with Crippen molar-refractivity contribution < 1.29 is 19.3 Å². The highest BCUT2D eigenvalue weighted by Gasteiger charge is 2.36. The minimum atomic E-state index is -0.102. The Morgan fingerprint density at radius 2 is 1.77 bits per heavy atom. The van der Waals surface area contributed by atoms with Crippen LogP contribution in [0.15, 0.2) is 30.3 Å². The second-order valence-corrected chi connectivity index (χ2v) is 5.57. The SMILES string of the molecule is COc1ccc([C@H]2Oc3c(OC)cc(O)c(C)c3[C@@H]2C)cc1. The smallest absolute Gasteiger partial charge is 0.166 e. The molecule has 3 rings (SSSR count). The van der Waals surface area contributed by atoms with Gasteiger partial charge in [0.1, 0.15) is 17.6 Å². The molecule has 2 aromatic carbocycles. The monoisotopic (exact) mass is 300 g/mol. The van der Waals surface area contributed by atoms with E-state index in [9.17, 15) is 5.11 Å². The molecule has 2 aromatic rings. The summed E-state index contributed by atoms with van der Waals surface area (Å²) in [7, 11) is 3.23. The summed E-state index contributed by atoms with van der Waals surface area (Å²) in [6, 6.07) is 9.48. The van der Waals surface area contributed by atoms with Crippen LogP contribution in [-0.4, -0.2) is 19.3 Å². The summed E-state index contributed by atoms with van der Waals surface area (Å²) in [5, 5.41) is 10.1. The van der Waals surface area contributed by atoms with Crippen molar-refractivity contribution in [3.63, 3.8) is 0 Å². The van der Waals surface area contributed by atoms with Gasteiger partial charge in [-0.15, -0.1) is 0 Å². The molecule has 0 unspecified atom stereocenters. The molecule has 0 fully saturated rings. The van der Waals surface area contributed by atoms with Crippen molar-refractivity contribution >= 4 is 0 Å². The molecule has 0 saturated heterocycles. The summed E-state index contributed by atoms with van der Waals surface area (Å²) < 4.78 is 16.7. The largest absolute Gasteiger partial charge is 0.508 e. The van der Waals surface area contributed by atoms with Gasteiger partial charge >= 0.3 is 0 Å². The van der Waals surface area contributed by atoms with Crippen LogP contribution in [0.1, 0.15) is 35.6 Å². The third kappa shape index (κ3) is 2.15. The lowest BCUT2D eigenvalue weighted by Crippen LogP contribution is -2.07. The van der Waals surface area contributed by atoms with Gasteiger partial charge in [0.2, 0.25) is 0 Å². The van der Waals surface area contributed by atoms with Crippen LogP contribution in [0.5, 0.6) is 23.0 Å². The molecule has 0 aromatic heterocycles. The maximum absolute atomic E-state index is 10.1. The molecule has 116 valence electrons. The standard InChI is InChI=1S/C18H20O4/c1-10-14(19)9-15(21-4)18-16(10)11(2)17(22-18)12-5-7-13(20-3)8-6-12/h5-9,11,17,19H,1-4H3/t11-,17-/m0/s1. The third-order valence-corrected chi connectivity index (χ3v) is 4.34. The summed E-state index contributed by atoms with van der Waals surface area (Å²) in [4.78, 5) is 0. The highest BCUT2D eigenvalue weighted by molar-refractivity contribution is 5.60. The van der Waals surface area contributed by atoms with Crippen molar-refractivity contribution in [1.29, 1.82) is 0 Å². The normalized spacial score (nSPS) is 19.5. The Morgan fingerprint density at radius 1 is 1.09 bits per heavy atom. The number of methoxy groups -OCH3 is 2. The van der Waals surface area contributed by atoms with E-state index in [-0.39, 0.29) is 17.8 Å². The van der Waals surface area contributed by atoms with Crippen LogP contribution in [0.3, 0.4) is 0 Å². The Morgan fingerprint density at radius 3 is 2.36 bits per heavy atom. The fraction of sp³-hybridized carbons (Fsp3) is 0.333. The highest BCUT2D eigenvalue weighted by atomic mass is 16.5. The Hall–Kier alpha value is -2.36. The molecule has 4 heteroatoms. The summed E-state index contributed by atoms with van der Waals surface area (Å²) in [6.45, 7) is 4.01. The number of ether oxygens (including phenoxy) is 3. The first kappa shape index (κ1) is 14.6. The second kappa shape index (κ2) is 5.44. The Kier molecular flexibility index (Phi) is 3.61. The number of phenols is 1. The van der Waals surface area contributed by atoms with E-state index in [2.05, 4.69) is 6.92 Å². The Balaban J connectivity index is 2.03. The van der Waals surface area contributed by atoms with Crippen LogP contribution in [0.25, 0.3) is 0 Å². The quantitative estimate of drug-likeness (QED) is 0.932. The van der Waals surface area contributed by atoms with Gasteiger partial charge in [0.15, 0.2) is 11.5 Å². The first-order valence-electron chi connectivity index (χ1n) is 7.27. The van der Waals surface area contributed by atoms with Gasteiger partial charge in [-0.2, -0.15) is 0 Å². The van der Waals surface area contributed by atoms with E-state index in [0.29, 0.717) is 5.75 Å². The molecule has 2 atom stereocenters. The summed E-state index contributed by atoms with van der Waals surface area (Å²) in [5.74, 6) is 2.48. The first-order valence-corrected chi connectivity index (χ1v) is 7.27. The summed E-state index contributed by atoms with van der Waals surface area (Å²) in [5.41, 5.74) is 2.93. The average Bonchev–Trinajstić information content (AvgIpc) is 2.89. The summed E-state index contributed by atoms with van der Waals surface area (Å²) in [6.07, 6.45) is -0.102. The Bertz CT molecular complexity index is 691. The van der Waals surface area contributed by atoms with Crippen molar-refractivity contribution in [2.75, 3.05) is 14.2 Å². The van der Waals surface area contributed by atoms with Gasteiger partial charge in [0.25, 0.3) is 0 Å². The number of phenolic OH excluding ortho intramolecular Hbond substituents is 1. The maximum atomic E-state index is 10.1. The molecule has 0 aliphatic carbocycles. The predicted molar refractivity (Wildman–Crippen MR) is 84.2 cm³/mol. The van der Waals surface area contributed by atoms with Gasteiger partial charge in [0, 0.05) is 17.5 Å². The van der Waals surface area contributed by atoms with Gasteiger partial charge in [-0.05, 0) is 30.2 Å². The van der Waals surface area contributed by atoms with Crippen molar-refractivity contribution in [3.8, 4) is 23.0 Å². The lowest BCUT2D eigenvalue weighted by molar-refractivity contribution is 0.208. The molecule has 1 aliphatic heterocycles. The zero-order valence-electron chi connectivity index (χ0n) is 13.2. The topological polar surface area (TPSA) is 47.9 Å². The molecule has 22 heavy (non-hydrogen) atoms. The van der Waals surface area contributed by atoms with E-state index in [1.807, 2.05) is 31.2 Å². The number of aromatic hydroxyl groups is 1. The maximum Gasteiger partial charge on any atom is 0.166 e. The molecule has 1 N–H and O–H groups in total. The van der Waals surface area contributed by atoms with Gasteiger partial charge < -0.3 is 19.3 Å².